The van der Waals surface area contributed by atoms with Crippen molar-refractivity contribution >= 4 is 0 Å². The average Bonchev–Trinajstić information content (AvgIpc) is 2.31. The summed E-state index contributed by atoms with van der Waals surface area (Å²) in [5, 5.41) is 3.52. The Morgan fingerprint density at radius 1 is 1.58 bits per heavy atom. The molecule has 1 aliphatic rings. The molecule has 68 valence electrons. The number of hydrogen-bond acceptors (Lipinski definition) is 2. The van der Waals surface area contributed by atoms with E-state index in [9.17, 15) is 0 Å². The molecule has 1 fully saturated rings. The van der Waals surface area contributed by atoms with E-state index in [1.807, 2.05) is 0 Å². The first-order chi connectivity index (χ1) is 5.64. The lowest BCUT2D eigenvalue weighted by Gasteiger charge is -2.18. The number of hydrogen-bond donors (Lipinski definition) is 0. The third-order valence-electron chi connectivity index (χ3n) is 2.34. The highest BCUT2D eigenvalue weighted by Gasteiger charge is 2.28. The fourth-order valence-corrected chi connectivity index (χ4v) is 1.65. The molecule has 12 heavy (non-hydrogen) atoms. The second kappa shape index (κ2) is 3.78. The average molecular weight is 168 g/mol. The molecule has 0 bridgehead atoms. The molecule has 1 heterocycles. The molecule has 0 atom stereocenters. The van der Waals surface area contributed by atoms with Crippen LogP contribution in [0.2, 0.25) is 0 Å². The predicted octanol–water partition coefficient (Wildman–Crippen LogP) is 2.03. The van der Waals surface area contributed by atoms with E-state index in [4.69, 9.17) is 5.53 Å². The van der Waals surface area contributed by atoms with Gasteiger partial charge >= 0.3 is 0 Å². The van der Waals surface area contributed by atoms with Crippen LogP contribution in [0.15, 0.2) is 5.11 Å². The Balaban J connectivity index is 2.24. The van der Waals surface area contributed by atoms with Crippen molar-refractivity contribution in [2.75, 3.05) is 26.2 Å². The van der Waals surface area contributed by atoms with Crippen LogP contribution in [-0.2, 0) is 0 Å². The lowest BCUT2D eigenvalue weighted by Crippen LogP contribution is -2.25. The second-order valence-electron chi connectivity index (χ2n) is 4.14. The zero-order valence-corrected chi connectivity index (χ0v) is 7.82. The van der Waals surface area contributed by atoms with Crippen LogP contribution in [0.4, 0.5) is 0 Å². The number of azide groups is 1. The van der Waals surface area contributed by atoms with Crippen molar-refractivity contribution in [3.8, 4) is 0 Å². The molecular formula is C8H16N4. The molecule has 0 aromatic heterocycles. The van der Waals surface area contributed by atoms with Crippen LogP contribution in [0, 0.1) is 5.41 Å². The van der Waals surface area contributed by atoms with Crippen LogP contribution in [0.3, 0.4) is 0 Å². The first kappa shape index (κ1) is 9.36. The Kier molecular flexibility index (Phi) is 2.95. The summed E-state index contributed by atoms with van der Waals surface area (Å²) in [5.41, 5.74) is 8.54. The third-order valence-corrected chi connectivity index (χ3v) is 2.34. The van der Waals surface area contributed by atoms with Crippen molar-refractivity contribution in [2.45, 2.75) is 20.3 Å². The molecule has 0 amide bonds. The van der Waals surface area contributed by atoms with Crippen LogP contribution in [0.25, 0.3) is 10.4 Å². The first-order valence-electron chi connectivity index (χ1n) is 4.37. The lowest BCUT2D eigenvalue weighted by molar-refractivity contribution is 0.297. The van der Waals surface area contributed by atoms with Gasteiger partial charge in [0.1, 0.15) is 0 Å². The molecule has 1 rings (SSSR count). The van der Waals surface area contributed by atoms with Crippen LogP contribution < -0.4 is 0 Å². The molecule has 4 nitrogen and oxygen atoms in total. The molecule has 0 aromatic carbocycles. The van der Waals surface area contributed by atoms with Gasteiger partial charge in [-0.1, -0.05) is 19.0 Å². The van der Waals surface area contributed by atoms with Gasteiger partial charge < -0.3 is 4.90 Å². The van der Waals surface area contributed by atoms with E-state index in [2.05, 4.69) is 28.8 Å². The third kappa shape index (κ3) is 2.72. The molecule has 0 aliphatic carbocycles. The zero-order chi connectivity index (χ0) is 9.03. The molecule has 0 saturated carbocycles. The summed E-state index contributed by atoms with van der Waals surface area (Å²) in [5.74, 6) is 0. The lowest BCUT2D eigenvalue weighted by atomic mass is 9.93. The molecule has 0 spiro atoms. The van der Waals surface area contributed by atoms with E-state index >= 15 is 0 Å². The molecular weight excluding hydrogens is 152 g/mol. The minimum atomic E-state index is 0.455. The fourth-order valence-electron chi connectivity index (χ4n) is 1.65. The SMILES string of the molecule is CC1(C)CCN(CCN=[N+]=[N-])C1. The van der Waals surface area contributed by atoms with Gasteiger partial charge in [0.25, 0.3) is 0 Å². The van der Waals surface area contributed by atoms with Gasteiger partial charge in [-0.3, -0.25) is 0 Å². The maximum atomic E-state index is 8.08. The van der Waals surface area contributed by atoms with Crippen molar-refractivity contribution in [1.29, 1.82) is 0 Å². The molecule has 0 radical (unpaired) electrons. The van der Waals surface area contributed by atoms with Crippen molar-refractivity contribution in [3.05, 3.63) is 10.4 Å². The number of likely N-dealkylation sites (tertiary alicyclic amines) is 1. The minimum absolute atomic E-state index is 0.455. The van der Waals surface area contributed by atoms with Crippen LogP contribution in [-0.4, -0.2) is 31.1 Å². The van der Waals surface area contributed by atoms with Crippen molar-refractivity contribution < 1.29 is 0 Å². The van der Waals surface area contributed by atoms with E-state index in [-0.39, 0.29) is 0 Å². The Labute approximate surface area is 73.2 Å². The fraction of sp³-hybridized carbons (Fsp3) is 1.00. The van der Waals surface area contributed by atoms with Gasteiger partial charge in [-0.2, -0.15) is 0 Å². The summed E-state index contributed by atoms with van der Waals surface area (Å²) in [7, 11) is 0. The standard InChI is InChI=1S/C8H16N4/c1-8(2)3-5-12(7-8)6-4-10-11-9/h3-7H2,1-2H3. The summed E-state index contributed by atoms with van der Waals surface area (Å²) in [6.45, 7) is 8.35. The van der Waals surface area contributed by atoms with E-state index in [1.165, 1.54) is 6.42 Å². The first-order valence-corrected chi connectivity index (χ1v) is 4.37. The topological polar surface area (TPSA) is 52.0 Å². The van der Waals surface area contributed by atoms with Gasteiger partial charge in [-0.05, 0) is 23.9 Å². The smallest absolute Gasteiger partial charge is 0.0385 e. The van der Waals surface area contributed by atoms with Gasteiger partial charge in [0.15, 0.2) is 0 Å². The number of nitrogens with zero attached hydrogens (tertiary/aromatic N) is 4. The zero-order valence-electron chi connectivity index (χ0n) is 7.82. The monoisotopic (exact) mass is 168 g/mol. The highest BCUT2D eigenvalue weighted by molar-refractivity contribution is 4.82. The van der Waals surface area contributed by atoms with Crippen molar-refractivity contribution in [1.82, 2.24) is 4.90 Å². The van der Waals surface area contributed by atoms with Gasteiger partial charge in [-0.15, -0.1) is 0 Å². The van der Waals surface area contributed by atoms with Gasteiger partial charge in [0.2, 0.25) is 0 Å². The summed E-state index contributed by atoms with van der Waals surface area (Å²) in [4.78, 5) is 5.09. The normalized spacial score (nSPS) is 22.2. The Bertz CT molecular complexity index is 193. The number of rotatable bonds is 3. The van der Waals surface area contributed by atoms with E-state index in [0.717, 1.165) is 19.6 Å². The summed E-state index contributed by atoms with van der Waals surface area (Å²) in [6, 6.07) is 0. The van der Waals surface area contributed by atoms with Crippen molar-refractivity contribution in [2.24, 2.45) is 10.5 Å². The maximum absolute atomic E-state index is 8.08. The summed E-state index contributed by atoms with van der Waals surface area (Å²) in [6.07, 6.45) is 1.25. The second-order valence-corrected chi connectivity index (χ2v) is 4.14. The highest BCUT2D eigenvalue weighted by Crippen LogP contribution is 2.28. The van der Waals surface area contributed by atoms with E-state index < -0.39 is 0 Å². The maximum Gasteiger partial charge on any atom is 0.0385 e. The molecule has 1 aliphatic heterocycles. The minimum Gasteiger partial charge on any atom is -0.303 e. The summed E-state index contributed by atoms with van der Waals surface area (Å²) >= 11 is 0. The van der Waals surface area contributed by atoms with E-state index in [0.29, 0.717) is 12.0 Å². The quantitative estimate of drug-likeness (QED) is 0.361. The predicted molar refractivity (Wildman–Crippen MR) is 48.9 cm³/mol. The Morgan fingerprint density at radius 3 is 2.83 bits per heavy atom. The van der Waals surface area contributed by atoms with Crippen LogP contribution >= 0.6 is 0 Å². The Morgan fingerprint density at radius 2 is 2.33 bits per heavy atom. The highest BCUT2D eigenvalue weighted by atomic mass is 15.2. The van der Waals surface area contributed by atoms with Gasteiger partial charge in [0, 0.05) is 24.5 Å². The summed E-state index contributed by atoms with van der Waals surface area (Å²) < 4.78 is 0. The van der Waals surface area contributed by atoms with Crippen molar-refractivity contribution in [3.63, 3.8) is 0 Å². The van der Waals surface area contributed by atoms with Gasteiger partial charge in [0.05, 0.1) is 0 Å². The van der Waals surface area contributed by atoms with Crippen LogP contribution in [0.5, 0.6) is 0 Å². The molecule has 0 N–H and O–H groups in total. The molecule has 4 heteroatoms. The Hall–Kier alpha value is -0.730. The van der Waals surface area contributed by atoms with Gasteiger partial charge in [-0.25, -0.2) is 0 Å². The largest absolute Gasteiger partial charge is 0.303 e. The molecule has 0 unspecified atom stereocenters. The molecule has 1 saturated heterocycles. The van der Waals surface area contributed by atoms with Crippen LogP contribution in [0.1, 0.15) is 20.3 Å². The van der Waals surface area contributed by atoms with E-state index in [1.54, 1.807) is 0 Å². The molecule has 0 aromatic rings.